The van der Waals surface area contributed by atoms with E-state index in [1.54, 1.807) is 0 Å². The first kappa shape index (κ1) is 13.0. The van der Waals surface area contributed by atoms with Gasteiger partial charge in [-0.05, 0) is 18.2 Å². The van der Waals surface area contributed by atoms with Crippen molar-refractivity contribution in [3.05, 3.63) is 58.3 Å². The normalized spacial score (nSPS) is 11.3. The first-order valence-electron chi connectivity index (χ1n) is 5.16. The lowest BCUT2D eigenvalue weighted by atomic mass is 10.1. The number of hydrogen-bond acceptors (Lipinski definition) is 3. The van der Waals surface area contributed by atoms with E-state index in [9.17, 15) is 23.3 Å². The summed E-state index contributed by atoms with van der Waals surface area (Å²) in [6.07, 6.45) is -3.32. The minimum Gasteiger partial charge on any atom is -0.258 e. The summed E-state index contributed by atoms with van der Waals surface area (Å²) in [7, 11) is 0. The number of alkyl halides is 3. The third kappa shape index (κ3) is 2.87. The molecule has 0 N–H and O–H groups in total. The highest BCUT2D eigenvalue weighted by atomic mass is 19.4. The molecule has 0 fully saturated rings. The van der Waals surface area contributed by atoms with Crippen LogP contribution in [0.25, 0.3) is 11.3 Å². The highest BCUT2D eigenvalue weighted by Crippen LogP contribution is 2.30. The summed E-state index contributed by atoms with van der Waals surface area (Å²) in [5.41, 5.74) is -0.0870. The van der Waals surface area contributed by atoms with E-state index in [0.29, 0.717) is 11.3 Å². The fourth-order valence-corrected chi connectivity index (χ4v) is 1.49. The molecule has 1 aromatic carbocycles. The molecule has 0 saturated heterocycles. The number of nitrogens with zero attached hydrogens (tertiary/aromatic N) is 2. The molecule has 7 heteroatoms. The topological polar surface area (TPSA) is 56.0 Å². The summed E-state index contributed by atoms with van der Waals surface area (Å²) in [5.74, 6) is 0. The van der Waals surface area contributed by atoms with E-state index in [2.05, 4.69) is 4.98 Å². The Bertz CT molecular complexity index is 592. The number of hydrogen-bond donors (Lipinski definition) is 0. The Labute approximate surface area is 105 Å². The maximum atomic E-state index is 12.4. The van der Waals surface area contributed by atoms with E-state index in [0.717, 1.165) is 18.3 Å². The van der Waals surface area contributed by atoms with E-state index in [1.165, 1.54) is 24.3 Å². The van der Waals surface area contributed by atoms with Crippen molar-refractivity contribution in [1.82, 2.24) is 4.98 Å². The van der Waals surface area contributed by atoms with E-state index < -0.39 is 16.7 Å². The number of pyridine rings is 1. The molecule has 0 amide bonds. The smallest absolute Gasteiger partial charge is 0.258 e. The summed E-state index contributed by atoms with van der Waals surface area (Å²) >= 11 is 0. The SMILES string of the molecule is O=[N+]([O-])c1ccc(-c2ccc(C(F)(F)F)cc2)nc1. The largest absolute Gasteiger partial charge is 0.416 e. The second-order valence-corrected chi connectivity index (χ2v) is 3.73. The third-order valence-corrected chi connectivity index (χ3v) is 2.47. The summed E-state index contributed by atoms with van der Waals surface area (Å²) in [6.45, 7) is 0. The van der Waals surface area contributed by atoms with Gasteiger partial charge in [-0.2, -0.15) is 13.2 Å². The Morgan fingerprint density at radius 3 is 2.11 bits per heavy atom. The lowest BCUT2D eigenvalue weighted by Gasteiger charge is -2.07. The van der Waals surface area contributed by atoms with Crippen LogP contribution >= 0.6 is 0 Å². The monoisotopic (exact) mass is 268 g/mol. The van der Waals surface area contributed by atoms with Crippen LogP contribution < -0.4 is 0 Å². The Balaban J connectivity index is 2.30. The minimum absolute atomic E-state index is 0.171. The summed E-state index contributed by atoms with van der Waals surface area (Å²) in [5, 5.41) is 10.4. The van der Waals surface area contributed by atoms with Gasteiger partial charge in [0.15, 0.2) is 0 Å². The van der Waals surface area contributed by atoms with Crippen LogP contribution in [0.1, 0.15) is 5.56 Å². The van der Waals surface area contributed by atoms with Crippen LogP contribution in [-0.4, -0.2) is 9.91 Å². The highest BCUT2D eigenvalue weighted by molar-refractivity contribution is 5.60. The molecule has 2 rings (SSSR count). The standard InChI is InChI=1S/C12H7F3N2O2/c13-12(14,15)9-3-1-8(2-4-9)11-6-5-10(7-16-11)17(18)19/h1-7H. The van der Waals surface area contributed by atoms with Gasteiger partial charge in [-0.25, -0.2) is 4.98 Å². The summed E-state index contributed by atoms with van der Waals surface area (Å²) in [6, 6.07) is 7.07. The number of benzene rings is 1. The first-order valence-corrected chi connectivity index (χ1v) is 5.16. The van der Waals surface area contributed by atoms with Crippen molar-refractivity contribution >= 4 is 5.69 Å². The van der Waals surface area contributed by atoms with Gasteiger partial charge in [-0.15, -0.1) is 0 Å². The van der Waals surface area contributed by atoms with Gasteiger partial charge < -0.3 is 0 Å². The maximum absolute atomic E-state index is 12.4. The molecular formula is C12H7F3N2O2. The van der Waals surface area contributed by atoms with Crippen LogP contribution in [0, 0.1) is 10.1 Å². The van der Waals surface area contributed by atoms with Gasteiger partial charge in [-0.3, -0.25) is 10.1 Å². The molecule has 19 heavy (non-hydrogen) atoms. The second-order valence-electron chi connectivity index (χ2n) is 3.73. The molecule has 0 radical (unpaired) electrons. The van der Waals surface area contributed by atoms with Crippen LogP contribution in [0.4, 0.5) is 18.9 Å². The van der Waals surface area contributed by atoms with Gasteiger partial charge >= 0.3 is 6.18 Å². The van der Waals surface area contributed by atoms with Crippen LogP contribution in [0.5, 0.6) is 0 Å². The van der Waals surface area contributed by atoms with E-state index in [1.807, 2.05) is 0 Å². The zero-order valence-electron chi connectivity index (χ0n) is 9.39. The number of aromatic nitrogens is 1. The lowest BCUT2D eigenvalue weighted by Crippen LogP contribution is -2.04. The van der Waals surface area contributed by atoms with Crippen LogP contribution in [0.2, 0.25) is 0 Å². The van der Waals surface area contributed by atoms with Crippen molar-refractivity contribution in [2.24, 2.45) is 0 Å². The zero-order chi connectivity index (χ0) is 14.0. The Kier molecular flexibility index (Phi) is 3.20. The van der Waals surface area contributed by atoms with Gasteiger partial charge in [0.2, 0.25) is 0 Å². The molecule has 0 unspecified atom stereocenters. The molecule has 1 aromatic heterocycles. The van der Waals surface area contributed by atoms with Crippen molar-refractivity contribution in [2.75, 3.05) is 0 Å². The quantitative estimate of drug-likeness (QED) is 0.616. The molecule has 1 heterocycles. The van der Waals surface area contributed by atoms with Crippen LogP contribution in [0.15, 0.2) is 42.6 Å². The highest BCUT2D eigenvalue weighted by Gasteiger charge is 2.29. The number of nitro groups is 1. The minimum atomic E-state index is -4.39. The Morgan fingerprint density at radius 1 is 1.05 bits per heavy atom. The van der Waals surface area contributed by atoms with Gasteiger partial charge in [0, 0.05) is 11.6 Å². The van der Waals surface area contributed by atoms with Crippen molar-refractivity contribution in [1.29, 1.82) is 0 Å². The Morgan fingerprint density at radius 2 is 1.68 bits per heavy atom. The van der Waals surface area contributed by atoms with Crippen molar-refractivity contribution < 1.29 is 18.1 Å². The molecule has 0 aliphatic carbocycles. The van der Waals surface area contributed by atoms with Gasteiger partial charge in [0.05, 0.1) is 16.2 Å². The molecule has 4 nitrogen and oxygen atoms in total. The van der Waals surface area contributed by atoms with E-state index in [4.69, 9.17) is 0 Å². The van der Waals surface area contributed by atoms with Crippen molar-refractivity contribution in [3.63, 3.8) is 0 Å². The molecule has 0 saturated carbocycles. The number of halogens is 3. The molecule has 0 bridgehead atoms. The van der Waals surface area contributed by atoms with Gasteiger partial charge in [0.1, 0.15) is 6.20 Å². The first-order chi connectivity index (χ1) is 8.88. The van der Waals surface area contributed by atoms with E-state index >= 15 is 0 Å². The Hall–Kier alpha value is -2.44. The maximum Gasteiger partial charge on any atom is 0.416 e. The molecule has 0 aliphatic heterocycles. The predicted octanol–water partition coefficient (Wildman–Crippen LogP) is 3.68. The number of rotatable bonds is 2. The summed E-state index contributed by atoms with van der Waals surface area (Å²) in [4.78, 5) is 13.7. The summed E-state index contributed by atoms with van der Waals surface area (Å²) < 4.78 is 37.1. The molecule has 2 aromatic rings. The average molecular weight is 268 g/mol. The van der Waals surface area contributed by atoms with Gasteiger partial charge in [-0.1, -0.05) is 12.1 Å². The van der Waals surface area contributed by atoms with E-state index in [-0.39, 0.29) is 5.69 Å². The predicted molar refractivity (Wildman–Crippen MR) is 61.3 cm³/mol. The van der Waals surface area contributed by atoms with Crippen molar-refractivity contribution in [3.8, 4) is 11.3 Å². The fourth-order valence-electron chi connectivity index (χ4n) is 1.49. The zero-order valence-corrected chi connectivity index (χ0v) is 9.39. The van der Waals surface area contributed by atoms with Crippen LogP contribution in [0.3, 0.4) is 0 Å². The molecule has 98 valence electrons. The lowest BCUT2D eigenvalue weighted by molar-refractivity contribution is -0.385. The van der Waals surface area contributed by atoms with Gasteiger partial charge in [0.25, 0.3) is 5.69 Å². The fraction of sp³-hybridized carbons (Fsp3) is 0.0833. The average Bonchev–Trinajstić information content (AvgIpc) is 2.38. The molecule has 0 aliphatic rings. The molecule has 0 spiro atoms. The molecule has 0 atom stereocenters. The van der Waals surface area contributed by atoms with Crippen molar-refractivity contribution in [2.45, 2.75) is 6.18 Å². The molecular weight excluding hydrogens is 261 g/mol. The van der Waals surface area contributed by atoms with Crippen LogP contribution in [-0.2, 0) is 6.18 Å². The second kappa shape index (κ2) is 4.68. The third-order valence-electron chi connectivity index (χ3n) is 2.47.